The summed E-state index contributed by atoms with van der Waals surface area (Å²) in [6.45, 7) is 1.12. The van der Waals surface area contributed by atoms with Crippen LogP contribution in [0.5, 0.6) is 0 Å². The molecular weight excluding hydrogens is 298 g/mol. The van der Waals surface area contributed by atoms with Crippen LogP contribution in [0.3, 0.4) is 0 Å². The first-order valence-electron chi connectivity index (χ1n) is 4.30. The van der Waals surface area contributed by atoms with E-state index in [1.807, 2.05) is 4.72 Å². The molecule has 0 amide bonds. The Kier molecular flexibility index (Phi) is 4.06. The first kappa shape index (κ1) is 13.1. The number of aliphatic carboxylic acids is 1. The summed E-state index contributed by atoms with van der Waals surface area (Å²) in [5, 5.41) is 8.40. The molecule has 16 heavy (non-hydrogen) atoms. The van der Waals surface area contributed by atoms with Crippen molar-refractivity contribution in [1.29, 1.82) is 0 Å². The fraction of sp³-hybridized carbons (Fsp3) is 0.222. The third kappa shape index (κ3) is 3.58. The second-order valence-electron chi connectivity index (χ2n) is 3.18. The Balaban J connectivity index is 3.02. The van der Waals surface area contributed by atoms with Crippen LogP contribution in [-0.2, 0) is 14.8 Å². The van der Waals surface area contributed by atoms with Crippen LogP contribution in [0.4, 0.5) is 0 Å². The molecule has 0 saturated heterocycles. The lowest BCUT2D eigenvalue weighted by Gasteiger charge is -2.06. The van der Waals surface area contributed by atoms with Crippen molar-refractivity contribution in [3.8, 4) is 0 Å². The molecule has 0 radical (unpaired) electrons. The number of halogens is 1. The second-order valence-corrected chi connectivity index (χ2v) is 5.87. The van der Waals surface area contributed by atoms with Gasteiger partial charge in [-0.2, -0.15) is 4.72 Å². The van der Waals surface area contributed by atoms with Crippen molar-refractivity contribution in [3.05, 3.63) is 28.2 Å². The molecule has 88 valence electrons. The minimum Gasteiger partial charge on any atom is -0.480 e. The Morgan fingerprint density at radius 2 is 2.06 bits per heavy atom. The van der Waals surface area contributed by atoms with Crippen molar-refractivity contribution < 1.29 is 18.3 Å². The van der Waals surface area contributed by atoms with E-state index in [-0.39, 0.29) is 4.90 Å². The fourth-order valence-corrected chi connectivity index (χ4v) is 2.96. The van der Waals surface area contributed by atoms with Crippen LogP contribution in [0.15, 0.2) is 27.6 Å². The predicted molar refractivity (Wildman–Crippen MR) is 61.7 cm³/mol. The number of carbonyl (C=O) groups is 1. The van der Waals surface area contributed by atoms with Crippen LogP contribution in [-0.4, -0.2) is 26.0 Å². The van der Waals surface area contributed by atoms with Crippen LogP contribution in [0.2, 0.25) is 0 Å². The van der Waals surface area contributed by atoms with E-state index < -0.39 is 22.5 Å². The molecule has 7 heteroatoms. The maximum atomic E-state index is 11.6. The number of sulfonamides is 1. The lowest BCUT2D eigenvalue weighted by Crippen LogP contribution is -2.29. The summed E-state index contributed by atoms with van der Waals surface area (Å²) in [5.74, 6) is -1.23. The van der Waals surface area contributed by atoms with E-state index in [1.165, 1.54) is 12.1 Å². The van der Waals surface area contributed by atoms with Gasteiger partial charge in [0.15, 0.2) is 0 Å². The Morgan fingerprint density at radius 1 is 1.44 bits per heavy atom. The molecule has 0 aromatic heterocycles. The van der Waals surface area contributed by atoms with Crippen LogP contribution in [0.25, 0.3) is 0 Å². The summed E-state index contributed by atoms with van der Waals surface area (Å²) >= 11 is 3.18. The van der Waals surface area contributed by atoms with Crippen molar-refractivity contribution in [2.75, 3.05) is 6.54 Å². The van der Waals surface area contributed by atoms with Gasteiger partial charge in [-0.1, -0.05) is 15.9 Å². The standard InChI is InChI=1S/C9H10BrNO4S/c1-6-2-7(10)4-8(3-6)16(14,15)11-5-9(12)13/h2-4,11H,5H2,1H3,(H,12,13). The number of rotatable bonds is 4. The van der Waals surface area contributed by atoms with Crippen molar-refractivity contribution in [1.82, 2.24) is 4.72 Å². The quantitative estimate of drug-likeness (QED) is 0.873. The number of benzene rings is 1. The van der Waals surface area contributed by atoms with Gasteiger partial charge in [0.05, 0.1) is 4.90 Å². The van der Waals surface area contributed by atoms with Gasteiger partial charge in [-0.25, -0.2) is 8.42 Å². The molecule has 0 unspecified atom stereocenters. The van der Waals surface area contributed by atoms with E-state index in [0.717, 1.165) is 5.56 Å². The first-order valence-corrected chi connectivity index (χ1v) is 6.57. The molecule has 0 fully saturated rings. The first-order chi connectivity index (χ1) is 7.31. The van der Waals surface area contributed by atoms with Gasteiger partial charge in [0, 0.05) is 4.47 Å². The van der Waals surface area contributed by atoms with Crippen LogP contribution < -0.4 is 4.72 Å². The molecule has 1 aromatic carbocycles. The highest BCUT2D eigenvalue weighted by atomic mass is 79.9. The van der Waals surface area contributed by atoms with Gasteiger partial charge in [-0.15, -0.1) is 0 Å². The van der Waals surface area contributed by atoms with Gasteiger partial charge < -0.3 is 5.11 Å². The molecule has 0 saturated carbocycles. The van der Waals surface area contributed by atoms with Gasteiger partial charge in [0.1, 0.15) is 6.54 Å². The Morgan fingerprint density at radius 3 is 2.56 bits per heavy atom. The number of hydrogen-bond acceptors (Lipinski definition) is 3. The van der Waals surface area contributed by atoms with Crippen molar-refractivity contribution in [2.45, 2.75) is 11.8 Å². The maximum Gasteiger partial charge on any atom is 0.318 e. The monoisotopic (exact) mass is 307 g/mol. The average Bonchev–Trinajstić information content (AvgIpc) is 2.13. The van der Waals surface area contributed by atoms with Gasteiger partial charge in [-0.3, -0.25) is 4.79 Å². The molecule has 0 bridgehead atoms. The molecule has 0 aliphatic carbocycles. The largest absolute Gasteiger partial charge is 0.480 e. The summed E-state index contributed by atoms with van der Waals surface area (Å²) in [6, 6.07) is 4.64. The second kappa shape index (κ2) is 4.94. The Bertz CT molecular complexity index is 492. The molecule has 5 nitrogen and oxygen atoms in total. The lowest BCUT2D eigenvalue weighted by atomic mass is 10.2. The van der Waals surface area contributed by atoms with E-state index in [0.29, 0.717) is 4.47 Å². The highest BCUT2D eigenvalue weighted by Gasteiger charge is 2.15. The summed E-state index contributed by atoms with van der Waals surface area (Å²) in [7, 11) is -3.76. The zero-order valence-electron chi connectivity index (χ0n) is 8.40. The molecule has 2 N–H and O–H groups in total. The topological polar surface area (TPSA) is 83.5 Å². The fourth-order valence-electron chi connectivity index (χ4n) is 1.10. The summed E-state index contributed by atoms with van der Waals surface area (Å²) in [6.07, 6.45) is 0. The van der Waals surface area contributed by atoms with Crippen LogP contribution >= 0.6 is 15.9 Å². The number of carboxylic acids is 1. The van der Waals surface area contributed by atoms with E-state index in [4.69, 9.17) is 5.11 Å². The molecule has 0 aliphatic rings. The zero-order chi connectivity index (χ0) is 12.3. The third-order valence-electron chi connectivity index (χ3n) is 1.74. The minimum absolute atomic E-state index is 0.0422. The van der Waals surface area contributed by atoms with Crippen LogP contribution in [0.1, 0.15) is 5.56 Å². The molecular formula is C9H10BrNO4S. The van der Waals surface area contributed by atoms with Gasteiger partial charge >= 0.3 is 5.97 Å². The Labute approximate surface area is 102 Å². The third-order valence-corrected chi connectivity index (χ3v) is 3.58. The molecule has 0 atom stereocenters. The number of nitrogens with one attached hydrogen (secondary N) is 1. The highest BCUT2D eigenvalue weighted by molar-refractivity contribution is 9.10. The summed E-state index contributed by atoms with van der Waals surface area (Å²) in [5.41, 5.74) is 0.769. The van der Waals surface area contributed by atoms with Gasteiger partial charge in [-0.05, 0) is 30.7 Å². The molecule has 1 rings (SSSR count). The Hall–Kier alpha value is -0.920. The van der Waals surface area contributed by atoms with E-state index in [1.54, 1.807) is 13.0 Å². The van der Waals surface area contributed by atoms with E-state index in [2.05, 4.69) is 15.9 Å². The zero-order valence-corrected chi connectivity index (χ0v) is 10.8. The van der Waals surface area contributed by atoms with Crippen molar-refractivity contribution >= 4 is 31.9 Å². The molecule has 0 spiro atoms. The van der Waals surface area contributed by atoms with Gasteiger partial charge in [0.2, 0.25) is 10.0 Å². The average molecular weight is 308 g/mol. The predicted octanol–water partition coefficient (Wildman–Crippen LogP) is 1.12. The number of carboxylic acid groups (broad SMARTS) is 1. The van der Waals surface area contributed by atoms with Crippen molar-refractivity contribution in [2.24, 2.45) is 0 Å². The van der Waals surface area contributed by atoms with Crippen molar-refractivity contribution in [3.63, 3.8) is 0 Å². The molecule has 1 aromatic rings. The minimum atomic E-state index is -3.76. The smallest absolute Gasteiger partial charge is 0.318 e. The molecule has 0 heterocycles. The SMILES string of the molecule is Cc1cc(Br)cc(S(=O)(=O)NCC(=O)O)c1. The number of hydrogen-bond donors (Lipinski definition) is 2. The van der Waals surface area contributed by atoms with Crippen LogP contribution in [0, 0.1) is 6.92 Å². The summed E-state index contributed by atoms with van der Waals surface area (Å²) < 4.78 is 25.9. The highest BCUT2D eigenvalue weighted by Crippen LogP contribution is 2.18. The lowest BCUT2D eigenvalue weighted by molar-refractivity contribution is -0.135. The van der Waals surface area contributed by atoms with Gasteiger partial charge in [0.25, 0.3) is 0 Å². The molecule has 0 aliphatic heterocycles. The van der Waals surface area contributed by atoms with E-state index in [9.17, 15) is 13.2 Å². The van der Waals surface area contributed by atoms with E-state index >= 15 is 0 Å². The maximum absolute atomic E-state index is 11.6. The number of aryl methyl sites for hydroxylation is 1. The summed E-state index contributed by atoms with van der Waals surface area (Å²) in [4.78, 5) is 10.3. The normalized spacial score (nSPS) is 11.4.